The van der Waals surface area contributed by atoms with Crippen molar-refractivity contribution < 1.29 is 0 Å². The van der Waals surface area contributed by atoms with Gasteiger partial charge >= 0.3 is 0 Å². The van der Waals surface area contributed by atoms with Gasteiger partial charge in [-0.2, -0.15) is 5.26 Å². The Morgan fingerprint density at radius 3 is 2.86 bits per heavy atom. The number of nitriles is 1. The highest BCUT2D eigenvalue weighted by Gasteiger charge is 2.28. The average molecular weight is 371 g/mol. The van der Waals surface area contributed by atoms with Crippen LogP contribution in [0.15, 0.2) is 36.8 Å². The van der Waals surface area contributed by atoms with Gasteiger partial charge in [-0.1, -0.05) is 0 Å². The molecule has 0 amide bonds. The SMILES string of the molecule is N#CC[C@H]1CC[C@H](n2c(-c3cccnc3N)nc3cnc4[nH]ccc4c32)CC1. The van der Waals surface area contributed by atoms with E-state index in [1.54, 1.807) is 6.20 Å². The molecule has 4 aromatic heterocycles. The fraction of sp³-hybridized carbons (Fsp3) is 0.333. The van der Waals surface area contributed by atoms with Crippen molar-refractivity contribution in [3.63, 3.8) is 0 Å². The third kappa shape index (κ3) is 2.61. The Morgan fingerprint density at radius 2 is 2.07 bits per heavy atom. The van der Waals surface area contributed by atoms with Gasteiger partial charge in [0.25, 0.3) is 0 Å². The Labute approximate surface area is 162 Å². The third-order valence-electron chi connectivity index (χ3n) is 5.88. The number of nitrogen functional groups attached to an aromatic ring is 1. The number of hydrogen-bond donors (Lipinski definition) is 2. The molecule has 0 aromatic carbocycles. The maximum Gasteiger partial charge on any atom is 0.145 e. The molecule has 0 radical (unpaired) electrons. The summed E-state index contributed by atoms with van der Waals surface area (Å²) in [6.07, 6.45) is 10.2. The first kappa shape index (κ1) is 16.8. The van der Waals surface area contributed by atoms with Gasteiger partial charge < -0.3 is 15.3 Å². The number of pyridine rings is 2. The minimum Gasteiger partial charge on any atom is -0.383 e. The van der Waals surface area contributed by atoms with E-state index in [9.17, 15) is 0 Å². The van der Waals surface area contributed by atoms with E-state index < -0.39 is 0 Å². The first-order valence-corrected chi connectivity index (χ1v) is 9.68. The van der Waals surface area contributed by atoms with E-state index in [0.717, 1.165) is 59.1 Å². The van der Waals surface area contributed by atoms with Gasteiger partial charge in [-0.3, -0.25) is 0 Å². The van der Waals surface area contributed by atoms with E-state index in [0.29, 0.717) is 24.2 Å². The highest BCUT2D eigenvalue weighted by molar-refractivity contribution is 6.02. The first-order chi connectivity index (χ1) is 13.8. The molecule has 4 aromatic rings. The second-order valence-electron chi connectivity index (χ2n) is 7.51. The van der Waals surface area contributed by atoms with Crippen LogP contribution in [-0.4, -0.2) is 24.5 Å². The van der Waals surface area contributed by atoms with E-state index in [-0.39, 0.29) is 0 Å². The molecule has 7 nitrogen and oxygen atoms in total. The number of anilines is 1. The fourth-order valence-corrected chi connectivity index (χ4v) is 4.48. The van der Waals surface area contributed by atoms with E-state index in [2.05, 4.69) is 31.7 Å². The van der Waals surface area contributed by atoms with Crippen LogP contribution >= 0.6 is 0 Å². The van der Waals surface area contributed by atoms with Crippen LogP contribution in [0.25, 0.3) is 33.5 Å². The van der Waals surface area contributed by atoms with Gasteiger partial charge in [-0.05, 0) is 49.8 Å². The highest BCUT2D eigenvalue weighted by Crippen LogP contribution is 2.40. The molecule has 0 saturated heterocycles. The molecule has 0 aliphatic heterocycles. The smallest absolute Gasteiger partial charge is 0.145 e. The molecule has 0 bridgehead atoms. The molecule has 4 heterocycles. The van der Waals surface area contributed by atoms with Gasteiger partial charge in [0.2, 0.25) is 0 Å². The topological polar surface area (TPSA) is 109 Å². The van der Waals surface area contributed by atoms with E-state index in [4.69, 9.17) is 16.0 Å². The van der Waals surface area contributed by atoms with Crippen molar-refractivity contribution in [1.29, 1.82) is 5.26 Å². The lowest BCUT2D eigenvalue weighted by Crippen LogP contribution is -2.19. The summed E-state index contributed by atoms with van der Waals surface area (Å²) in [5.74, 6) is 1.83. The summed E-state index contributed by atoms with van der Waals surface area (Å²) in [7, 11) is 0. The lowest BCUT2D eigenvalue weighted by atomic mass is 9.84. The second kappa shape index (κ2) is 6.64. The standard InChI is InChI=1S/C21H21N7/c22-9-7-13-3-5-14(6-4-13)28-18-15-8-11-25-20(15)26-12-17(18)27-21(28)16-2-1-10-24-19(16)23/h1-2,8,10-14H,3-7H2,(H2,23,24)(H,25,26)/t13-,14-. The minimum absolute atomic E-state index is 0.315. The minimum atomic E-state index is 0.315. The zero-order valence-electron chi connectivity index (χ0n) is 15.5. The summed E-state index contributed by atoms with van der Waals surface area (Å²) in [5, 5.41) is 10.1. The van der Waals surface area contributed by atoms with Crippen LogP contribution in [0, 0.1) is 17.2 Å². The van der Waals surface area contributed by atoms with Crippen LogP contribution in [0.5, 0.6) is 0 Å². The van der Waals surface area contributed by atoms with Crippen LogP contribution in [0.1, 0.15) is 38.1 Å². The Kier molecular flexibility index (Phi) is 3.97. The van der Waals surface area contributed by atoms with Crippen molar-refractivity contribution in [3.05, 3.63) is 36.8 Å². The summed E-state index contributed by atoms with van der Waals surface area (Å²) in [6, 6.07) is 8.56. The largest absolute Gasteiger partial charge is 0.383 e. The lowest BCUT2D eigenvalue weighted by molar-refractivity contribution is 0.283. The van der Waals surface area contributed by atoms with E-state index in [1.807, 2.05) is 24.5 Å². The molecule has 0 atom stereocenters. The number of nitrogens with one attached hydrogen (secondary N) is 1. The maximum absolute atomic E-state index is 9.03. The van der Waals surface area contributed by atoms with Gasteiger partial charge in [0.1, 0.15) is 22.8 Å². The number of rotatable bonds is 3. The number of fused-ring (bicyclic) bond motifs is 3. The molecular formula is C21H21N7. The Balaban J connectivity index is 1.71. The summed E-state index contributed by atoms with van der Waals surface area (Å²) < 4.78 is 2.34. The molecule has 1 fully saturated rings. The quantitative estimate of drug-likeness (QED) is 0.561. The summed E-state index contributed by atoms with van der Waals surface area (Å²) in [6.45, 7) is 0. The van der Waals surface area contributed by atoms with Crippen molar-refractivity contribution >= 4 is 27.9 Å². The molecule has 140 valence electrons. The van der Waals surface area contributed by atoms with Crippen molar-refractivity contribution in [2.45, 2.75) is 38.1 Å². The number of imidazole rings is 1. The van der Waals surface area contributed by atoms with Gasteiger partial charge in [0, 0.05) is 30.2 Å². The van der Waals surface area contributed by atoms with Crippen LogP contribution in [0.4, 0.5) is 5.82 Å². The molecule has 0 spiro atoms. The Hall–Kier alpha value is -3.40. The zero-order valence-corrected chi connectivity index (χ0v) is 15.5. The summed E-state index contributed by atoms with van der Waals surface area (Å²) in [4.78, 5) is 16.9. The normalized spacial score (nSPS) is 19.8. The van der Waals surface area contributed by atoms with Crippen LogP contribution in [-0.2, 0) is 0 Å². The van der Waals surface area contributed by atoms with E-state index >= 15 is 0 Å². The number of nitrogens with two attached hydrogens (primary N) is 1. The van der Waals surface area contributed by atoms with Gasteiger partial charge in [0.05, 0.1) is 23.3 Å². The number of aromatic amines is 1. The summed E-state index contributed by atoms with van der Waals surface area (Å²) >= 11 is 0. The number of H-pyrrole nitrogens is 1. The third-order valence-corrected chi connectivity index (χ3v) is 5.88. The van der Waals surface area contributed by atoms with Crippen molar-refractivity contribution in [2.75, 3.05) is 5.73 Å². The molecule has 7 heteroatoms. The summed E-state index contributed by atoms with van der Waals surface area (Å²) in [5.41, 5.74) is 9.87. The van der Waals surface area contributed by atoms with Crippen LogP contribution < -0.4 is 5.73 Å². The van der Waals surface area contributed by atoms with Crippen molar-refractivity contribution in [2.24, 2.45) is 5.92 Å². The number of aromatic nitrogens is 5. The van der Waals surface area contributed by atoms with Crippen molar-refractivity contribution in [1.82, 2.24) is 24.5 Å². The molecule has 1 aliphatic carbocycles. The number of nitrogens with zero attached hydrogens (tertiary/aromatic N) is 5. The van der Waals surface area contributed by atoms with E-state index in [1.165, 1.54) is 0 Å². The molecule has 1 aliphatic rings. The van der Waals surface area contributed by atoms with Gasteiger partial charge in [0.15, 0.2) is 0 Å². The van der Waals surface area contributed by atoms with Gasteiger partial charge in [-0.25, -0.2) is 15.0 Å². The number of hydrogen-bond acceptors (Lipinski definition) is 5. The lowest BCUT2D eigenvalue weighted by Gasteiger charge is -2.30. The van der Waals surface area contributed by atoms with Crippen LogP contribution in [0.2, 0.25) is 0 Å². The first-order valence-electron chi connectivity index (χ1n) is 9.68. The Morgan fingerprint density at radius 1 is 1.21 bits per heavy atom. The Bertz CT molecular complexity index is 1190. The molecule has 5 rings (SSSR count). The fourth-order valence-electron chi connectivity index (χ4n) is 4.48. The zero-order chi connectivity index (χ0) is 19.1. The molecule has 1 saturated carbocycles. The molecule has 3 N–H and O–H groups in total. The molecule has 0 unspecified atom stereocenters. The second-order valence-corrected chi connectivity index (χ2v) is 7.51. The maximum atomic E-state index is 9.03. The molecular weight excluding hydrogens is 350 g/mol. The van der Waals surface area contributed by atoms with Crippen molar-refractivity contribution in [3.8, 4) is 17.5 Å². The highest BCUT2D eigenvalue weighted by atomic mass is 15.1. The predicted molar refractivity (Wildman–Crippen MR) is 108 cm³/mol. The average Bonchev–Trinajstić information content (AvgIpc) is 3.33. The molecule has 28 heavy (non-hydrogen) atoms. The van der Waals surface area contributed by atoms with Crippen LogP contribution in [0.3, 0.4) is 0 Å². The monoisotopic (exact) mass is 371 g/mol. The predicted octanol–water partition coefficient (Wildman–Crippen LogP) is 4.20. The van der Waals surface area contributed by atoms with Gasteiger partial charge in [-0.15, -0.1) is 0 Å².